The van der Waals surface area contributed by atoms with Gasteiger partial charge in [-0.2, -0.15) is 0 Å². The van der Waals surface area contributed by atoms with Crippen LogP contribution < -0.4 is 5.32 Å². The van der Waals surface area contributed by atoms with Crippen molar-refractivity contribution >= 4 is 27.4 Å². The molecule has 2 atom stereocenters. The van der Waals surface area contributed by atoms with Crippen molar-refractivity contribution in [3.63, 3.8) is 0 Å². The number of hydrogen-bond donors (Lipinski definition) is 2. The molecule has 2 aromatic heterocycles. The number of benzene rings is 1. The highest BCUT2D eigenvalue weighted by Gasteiger charge is 2.31. The number of fused-ring (bicyclic) bond motifs is 2. The molecule has 0 unspecified atom stereocenters. The molecule has 1 aromatic carbocycles. The monoisotopic (exact) mass is 353 g/mol. The number of thiophene rings is 1. The Morgan fingerprint density at radius 1 is 1.28 bits per heavy atom. The van der Waals surface area contributed by atoms with Crippen molar-refractivity contribution in [2.75, 3.05) is 5.32 Å². The van der Waals surface area contributed by atoms with Crippen LogP contribution in [0.1, 0.15) is 42.4 Å². The fraction of sp³-hybridized carbons (Fsp3) is 0.400. The average Bonchev–Trinajstić information content (AvgIpc) is 3.08. The van der Waals surface area contributed by atoms with E-state index in [4.69, 9.17) is 0 Å². The first-order valence-electron chi connectivity index (χ1n) is 8.80. The highest BCUT2D eigenvalue weighted by Crippen LogP contribution is 2.37. The van der Waals surface area contributed by atoms with Crippen LogP contribution in [0.15, 0.2) is 29.6 Å². The van der Waals surface area contributed by atoms with Crippen LogP contribution in [0.3, 0.4) is 0 Å². The van der Waals surface area contributed by atoms with E-state index in [2.05, 4.69) is 46.6 Å². The van der Waals surface area contributed by atoms with Crippen molar-refractivity contribution in [1.29, 1.82) is 0 Å². The topological polar surface area (TPSA) is 58.0 Å². The molecular weight excluding hydrogens is 330 g/mol. The van der Waals surface area contributed by atoms with E-state index in [1.54, 1.807) is 11.3 Å². The van der Waals surface area contributed by atoms with Gasteiger partial charge >= 0.3 is 0 Å². The minimum atomic E-state index is -0.435. The maximum atomic E-state index is 10.6. The zero-order chi connectivity index (χ0) is 17.6. The van der Waals surface area contributed by atoms with Crippen LogP contribution in [-0.4, -0.2) is 21.2 Å². The summed E-state index contributed by atoms with van der Waals surface area (Å²) in [6.45, 7) is 6.37. The first-order valence-corrected chi connectivity index (χ1v) is 9.68. The first kappa shape index (κ1) is 16.5. The van der Waals surface area contributed by atoms with Crippen molar-refractivity contribution in [2.24, 2.45) is 5.92 Å². The zero-order valence-corrected chi connectivity index (χ0v) is 15.6. The van der Waals surface area contributed by atoms with Crippen molar-refractivity contribution in [3.8, 4) is 0 Å². The second-order valence-corrected chi connectivity index (χ2v) is 8.11. The summed E-state index contributed by atoms with van der Waals surface area (Å²) in [6.07, 6.45) is 1.25. The van der Waals surface area contributed by atoms with Gasteiger partial charge < -0.3 is 10.4 Å². The lowest BCUT2D eigenvalue weighted by molar-refractivity contribution is 0.165. The van der Waals surface area contributed by atoms with E-state index < -0.39 is 6.10 Å². The lowest BCUT2D eigenvalue weighted by Gasteiger charge is -2.20. The van der Waals surface area contributed by atoms with Gasteiger partial charge in [-0.15, -0.1) is 11.3 Å². The Bertz CT molecular complexity index is 918. The molecule has 2 heterocycles. The lowest BCUT2D eigenvalue weighted by atomic mass is 10.0. The normalized spacial score (nSPS) is 19.6. The van der Waals surface area contributed by atoms with E-state index >= 15 is 0 Å². The molecule has 2 N–H and O–H groups in total. The van der Waals surface area contributed by atoms with Gasteiger partial charge in [-0.1, -0.05) is 38.1 Å². The van der Waals surface area contributed by atoms with Crippen LogP contribution >= 0.6 is 11.3 Å². The van der Waals surface area contributed by atoms with Gasteiger partial charge in [-0.05, 0) is 41.3 Å². The molecule has 0 bridgehead atoms. The van der Waals surface area contributed by atoms with Gasteiger partial charge in [0.25, 0.3) is 0 Å². The Kier molecular flexibility index (Phi) is 4.21. The second kappa shape index (κ2) is 6.39. The van der Waals surface area contributed by atoms with Gasteiger partial charge in [-0.3, -0.25) is 0 Å². The number of anilines is 1. The van der Waals surface area contributed by atoms with Crippen LogP contribution in [-0.2, 0) is 12.8 Å². The van der Waals surface area contributed by atoms with Gasteiger partial charge in [-0.25, -0.2) is 9.97 Å². The number of rotatable bonds is 4. The van der Waals surface area contributed by atoms with E-state index in [-0.39, 0.29) is 6.04 Å². The lowest BCUT2D eigenvalue weighted by Crippen LogP contribution is -2.22. The summed E-state index contributed by atoms with van der Waals surface area (Å²) in [5.41, 5.74) is 3.67. The summed E-state index contributed by atoms with van der Waals surface area (Å²) in [5, 5.41) is 17.4. The van der Waals surface area contributed by atoms with Gasteiger partial charge in [0.1, 0.15) is 16.5 Å². The van der Waals surface area contributed by atoms with Gasteiger partial charge in [0.15, 0.2) is 0 Å². The Hall–Kier alpha value is -1.98. The van der Waals surface area contributed by atoms with E-state index in [1.165, 1.54) is 16.7 Å². The molecular formula is C20H23N3OS. The molecule has 1 aliphatic carbocycles. The third kappa shape index (κ3) is 3.02. The number of aromatic nitrogens is 2. The van der Waals surface area contributed by atoms with E-state index in [0.717, 1.165) is 28.3 Å². The van der Waals surface area contributed by atoms with Gasteiger partial charge in [0, 0.05) is 6.42 Å². The van der Waals surface area contributed by atoms with Crippen LogP contribution in [0, 0.1) is 12.8 Å². The van der Waals surface area contributed by atoms with E-state index in [0.29, 0.717) is 12.3 Å². The number of hydrogen-bond acceptors (Lipinski definition) is 5. The molecule has 0 aliphatic heterocycles. The second-order valence-electron chi connectivity index (χ2n) is 7.25. The smallest absolute Gasteiger partial charge is 0.139 e. The summed E-state index contributed by atoms with van der Waals surface area (Å²) in [6, 6.07) is 8.12. The third-order valence-electron chi connectivity index (χ3n) is 4.75. The largest absolute Gasteiger partial charge is 0.390 e. The first-order chi connectivity index (χ1) is 12.0. The van der Waals surface area contributed by atoms with Crippen molar-refractivity contribution in [1.82, 2.24) is 9.97 Å². The van der Waals surface area contributed by atoms with Gasteiger partial charge in [0.2, 0.25) is 0 Å². The maximum Gasteiger partial charge on any atom is 0.139 e. The fourth-order valence-electron chi connectivity index (χ4n) is 3.70. The Balaban J connectivity index is 1.77. The molecule has 5 heteroatoms. The van der Waals surface area contributed by atoms with Crippen LogP contribution in [0.4, 0.5) is 5.82 Å². The summed E-state index contributed by atoms with van der Waals surface area (Å²) in [5.74, 6) is 2.18. The molecule has 0 fully saturated rings. The molecule has 0 spiro atoms. The predicted octanol–water partition coefficient (Wildman–Crippen LogP) is 4.27. The molecule has 1 aliphatic rings. The van der Waals surface area contributed by atoms with Crippen LogP contribution in [0.2, 0.25) is 0 Å². The molecule has 0 saturated carbocycles. The number of aryl methyl sites for hydroxylation is 1. The molecule has 130 valence electrons. The van der Waals surface area contributed by atoms with Crippen LogP contribution in [0.5, 0.6) is 0 Å². The average molecular weight is 353 g/mol. The minimum absolute atomic E-state index is 0.125. The van der Waals surface area contributed by atoms with E-state index in [1.807, 2.05) is 19.1 Å². The SMILES string of the molecule is Cc1nc(N[C@@H]2c3ccccc3C[C@@H]2O)c2c(CC(C)C)csc2n1. The molecule has 4 rings (SSSR count). The highest BCUT2D eigenvalue weighted by atomic mass is 32.1. The Morgan fingerprint density at radius 2 is 2.08 bits per heavy atom. The number of nitrogens with zero attached hydrogens (tertiary/aromatic N) is 2. The maximum absolute atomic E-state index is 10.6. The minimum Gasteiger partial charge on any atom is -0.390 e. The van der Waals surface area contributed by atoms with Gasteiger partial charge in [0.05, 0.1) is 17.5 Å². The number of aliphatic hydroxyl groups excluding tert-OH is 1. The molecule has 3 aromatic rings. The zero-order valence-electron chi connectivity index (χ0n) is 14.8. The summed E-state index contributed by atoms with van der Waals surface area (Å²) in [4.78, 5) is 10.3. The fourth-order valence-corrected chi connectivity index (χ4v) is 4.70. The summed E-state index contributed by atoms with van der Waals surface area (Å²) in [7, 11) is 0. The quantitative estimate of drug-likeness (QED) is 0.735. The Morgan fingerprint density at radius 3 is 2.88 bits per heavy atom. The highest BCUT2D eigenvalue weighted by molar-refractivity contribution is 7.17. The molecule has 4 nitrogen and oxygen atoms in total. The third-order valence-corrected chi connectivity index (χ3v) is 5.67. The standard InChI is InChI=1S/C20H23N3OS/c1-11(2)8-14-10-25-20-17(14)19(21-12(3)22-20)23-18-15-7-5-4-6-13(15)9-16(18)24/h4-7,10-11,16,18,24H,8-9H2,1-3H3,(H,21,22,23)/t16-,18+/m0/s1. The number of aliphatic hydroxyl groups is 1. The molecule has 0 amide bonds. The van der Waals surface area contributed by atoms with Crippen molar-refractivity contribution in [2.45, 2.75) is 45.8 Å². The summed E-state index contributed by atoms with van der Waals surface area (Å²) < 4.78 is 0. The Labute approximate surface area is 152 Å². The van der Waals surface area contributed by atoms with Crippen molar-refractivity contribution < 1.29 is 5.11 Å². The van der Waals surface area contributed by atoms with Crippen LogP contribution in [0.25, 0.3) is 10.2 Å². The summed E-state index contributed by atoms with van der Waals surface area (Å²) >= 11 is 1.67. The predicted molar refractivity (Wildman–Crippen MR) is 103 cm³/mol. The molecule has 25 heavy (non-hydrogen) atoms. The van der Waals surface area contributed by atoms with Crippen molar-refractivity contribution in [3.05, 3.63) is 52.2 Å². The molecule has 0 saturated heterocycles. The number of nitrogens with one attached hydrogen (secondary N) is 1. The van der Waals surface area contributed by atoms with E-state index in [9.17, 15) is 5.11 Å². The molecule has 0 radical (unpaired) electrons.